The summed E-state index contributed by atoms with van der Waals surface area (Å²) < 4.78 is 0. The Morgan fingerprint density at radius 2 is 1.67 bits per heavy atom. The van der Waals surface area contributed by atoms with E-state index >= 15 is 0 Å². The van der Waals surface area contributed by atoms with E-state index in [1.165, 1.54) is 0 Å². The number of benzene rings is 2. The van der Waals surface area contributed by atoms with Crippen LogP contribution in [0.5, 0.6) is 0 Å². The van der Waals surface area contributed by atoms with Crippen molar-refractivity contribution < 1.29 is 0 Å². The summed E-state index contributed by atoms with van der Waals surface area (Å²) in [5, 5.41) is 2.23. The quantitative estimate of drug-likeness (QED) is 0.704. The van der Waals surface area contributed by atoms with Gasteiger partial charge < -0.3 is 4.98 Å². The first-order valence-corrected chi connectivity index (χ1v) is 6.00. The molecule has 0 radical (unpaired) electrons. The number of pyridine rings is 1. The standard InChI is InChI=1S/C15H10ClNO/c16-13-8-4-3-7-12(13)14-9-10-5-1-2-6-11(10)15(18)17-14/h1-9H,(H,17,18). The van der Waals surface area contributed by atoms with Gasteiger partial charge >= 0.3 is 0 Å². The van der Waals surface area contributed by atoms with Gasteiger partial charge in [-0.15, -0.1) is 0 Å². The van der Waals surface area contributed by atoms with Crippen LogP contribution in [0.4, 0.5) is 0 Å². The Hall–Kier alpha value is -2.06. The number of nitrogens with one attached hydrogen (secondary N) is 1. The Morgan fingerprint density at radius 1 is 0.944 bits per heavy atom. The van der Waals surface area contributed by atoms with E-state index < -0.39 is 0 Å². The highest BCUT2D eigenvalue weighted by molar-refractivity contribution is 6.33. The summed E-state index contributed by atoms with van der Waals surface area (Å²) in [7, 11) is 0. The van der Waals surface area contributed by atoms with Crippen LogP contribution in [0.25, 0.3) is 22.0 Å². The number of H-pyrrole nitrogens is 1. The summed E-state index contributed by atoms with van der Waals surface area (Å²) in [5.41, 5.74) is 1.48. The van der Waals surface area contributed by atoms with E-state index in [0.717, 1.165) is 16.6 Å². The van der Waals surface area contributed by atoms with E-state index in [1.54, 1.807) is 0 Å². The third kappa shape index (κ3) is 1.81. The molecule has 0 aliphatic heterocycles. The summed E-state index contributed by atoms with van der Waals surface area (Å²) in [5.74, 6) is 0. The lowest BCUT2D eigenvalue weighted by Gasteiger charge is -2.05. The monoisotopic (exact) mass is 255 g/mol. The maximum Gasteiger partial charge on any atom is 0.256 e. The van der Waals surface area contributed by atoms with Gasteiger partial charge in [0.15, 0.2) is 0 Å². The van der Waals surface area contributed by atoms with Crippen LogP contribution >= 0.6 is 11.6 Å². The molecule has 0 aliphatic carbocycles. The molecular formula is C15H10ClNO. The van der Waals surface area contributed by atoms with Crippen LogP contribution in [-0.4, -0.2) is 4.98 Å². The fraction of sp³-hybridized carbons (Fsp3) is 0. The lowest BCUT2D eigenvalue weighted by Crippen LogP contribution is -2.07. The number of hydrogen-bond acceptors (Lipinski definition) is 1. The van der Waals surface area contributed by atoms with Gasteiger partial charge in [-0.3, -0.25) is 4.79 Å². The Morgan fingerprint density at radius 3 is 2.50 bits per heavy atom. The van der Waals surface area contributed by atoms with E-state index in [9.17, 15) is 4.79 Å². The minimum Gasteiger partial charge on any atom is -0.321 e. The molecule has 1 heterocycles. The molecule has 1 N–H and O–H groups in total. The Kier molecular flexibility index (Phi) is 2.65. The van der Waals surface area contributed by atoms with E-state index in [1.807, 2.05) is 54.6 Å². The molecule has 88 valence electrons. The van der Waals surface area contributed by atoms with E-state index in [0.29, 0.717) is 10.4 Å². The van der Waals surface area contributed by atoms with Crippen molar-refractivity contribution in [1.29, 1.82) is 0 Å². The summed E-state index contributed by atoms with van der Waals surface area (Å²) >= 11 is 6.14. The van der Waals surface area contributed by atoms with Crippen LogP contribution in [0.15, 0.2) is 59.4 Å². The van der Waals surface area contributed by atoms with Crippen molar-refractivity contribution >= 4 is 22.4 Å². The molecule has 0 spiro atoms. The maximum absolute atomic E-state index is 12.0. The van der Waals surface area contributed by atoms with Crippen LogP contribution in [0.2, 0.25) is 5.02 Å². The summed E-state index contributed by atoms with van der Waals surface area (Å²) in [6.45, 7) is 0. The zero-order chi connectivity index (χ0) is 12.5. The predicted molar refractivity (Wildman–Crippen MR) is 75.0 cm³/mol. The van der Waals surface area contributed by atoms with Gasteiger partial charge in [-0.1, -0.05) is 48.0 Å². The average molecular weight is 256 g/mol. The number of fused-ring (bicyclic) bond motifs is 1. The van der Waals surface area contributed by atoms with Gasteiger partial charge in [0.05, 0.1) is 5.69 Å². The van der Waals surface area contributed by atoms with Crippen LogP contribution in [-0.2, 0) is 0 Å². The zero-order valence-electron chi connectivity index (χ0n) is 9.48. The maximum atomic E-state index is 12.0. The van der Waals surface area contributed by atoms with E-state index in [4.69, 9.17) is 11.6 Å². The molecule has 18 heavy (non-hydrogen) atoms. The van der Waals surface area contributed by atoms with E-state index in [2.05, 4.69) is 4.98 Å². The second-order valence-corrected chi connectivity index (χ2v) is 4.49. The first-order valence-electron chi connectivity index (χ1n) is 5.63. The molecule has 3 heteroatoms. The molecule has 3 aromatic rings. The molecule has 0 fully saturated rings. The number of aromatic nitrogens is 1. The smallest absolute Gasteiger partial charge is 0.256 e. The molecule has 0 saturated carbocycles. The lowest BCUT2D eigenvalue weighted by molar-refractivity contribution is 1.28. The molecule has 2 aromatic carbocycles. The van der Waals surface area contributed by atoms with Crippen molar-refractivity contribution in [3.8, 4) is 11.3 Å². The SMILES string of the molecule is O=c1[nH]c(-c2ccccc2Cl)cc2ccccc12. The highest BCUT2D eigenvalue weighted by Crippen LogP contribution is 2.26. The topological polar surface area (TPSA) is 32.9 Å². The summed E-state index contributed by atoms with van der Waals surface area (Å²) in [6, 6.07) is 16.9. The number of aromatic amines is 1. The van der Waals surface area contributed by atoms with Crippen LogP contribution < -0.4 is 5.56 Å². The number of hydrogen-bond donors (Lipinski definition) is 1. The van der Waals surface area contributed by atoms with Gasteiger partial charge in [0.2, 0.25) is 0 Å². The fourth-order valence-electron chi connectivity index (χ4n) is 2.04. The highest BCUT2D eigenvalue weighted by Gasteiger charge is 2.06. The van der Waals surface area contributed by atoms with Gasteiger partial charge in [0, 0.05) is 16.0 Å². The molecule has 2 nitrogen and oxygen atoms in total. The van der Waals surface area contributed by atoms with Crippen molar-refractivity contribution in [3.05, 3.63) is 70.0 Å². The molecule has 0 atom stereocenters. The Labute approximate surface area is 109 Å². The molecule has 1 aromatic heterocycles. The Bertz CT molecular complexity index is 777. The summed E-state index contributed by atoms with van der Waals surface area (Å²) in [6.07, 6.45) is 0. The minimum atomic E-state index is -0.0944. The third-order valence-electron chi connectivity index (χ3n) is 2.92. The van der Waals surface area contributed by atoms with E-state index in [-0.39, 0.29) is 5.56 Å². The van der Waals surface area contributed by atoms with Crippen molar-refractivity contribution in [2.24, 2.45) is 0 Å². The van der Waals surface area contributed by atoms with Gasteiger partial charge in [-0.25, -0.2) is 0 Å². The highest BCUT2D eigenvalue weighted by atomic mass is 35.5. The average Bonchev–Trinajstić information content (AvgIpc) is 2.39. The lowest BCUT2D eigenvalue weighted by atomic mass is 10.1. The van der Waals surface area contributed by atoms with Gasteiger partial charge in [-0.2, -0.15) is 0 Å². The van der Waals surface area contributed by atoms with Gasteiger partial charge in [0.1, 0.15) is 0 Å². The molecule has 0 amide bonds. The number of rotatable bonds is 1. The second-order valence-electron chi connectivity index (χ2n) is 4.08. The van der Waals surface area contributed by atoms with Crippen molar-refractivity contribution in [2.45, 2.75) is 0 Å². The normalized spacial score (nSPS) is 10.7. The van der Waals surface area contributed by atoms with Crippen LogP contribution in [0.1, 0.15) is 0 Å². The summed E-state index contributed by atoms with van der Waals surface area (Å²) in [4.78, 5) is 14.9. The zero-order valence-corrected chi connectivity index (χ0v) is 10.2. The van der Waals surface area contributed by atoms with Crippen molar-refractivity contribution in [1.82, 2.24) is 4.98 Å². The first-order chi connectivity index (χ1) is 8.75. The third-order valence-corrected chi connectivity index (χ3v) is 3.25. The molecule has 0 aliphatic rings. The molecule has 3 rings (SSSR count). The number of halogens is 1. The van der Waals surface area contributed by atoms with Gasteiger partial charge in [0.25, 0.3) is 5.56 Å². The Balaban J connectivity index is 2.32. The van der Waals surface area contributed by atoms with Crippen molar-refractivity contribution in [3.63, 3.8) is 0 Å². The fourth-order valence-corrected chi connectivity index (χ4v) is 2.27. The molecule has 0 saturated heterocycles. The second kappa shape index (κ2) is 4.31. The predicted octanol–water partition coefficient (Wildman–Crippen LogP) is 3.85. The molecule has 0 unspecified atom stereocenters. The first kappa shape index (κ1) is 11.1. The van der Waals surface area contributed by atoms with Gasteiger partial charge in [-0.05, 0) is 23.6 Å². The molecular weight excluding hydrogens is 246 g/mol. The van der Waals surface area contributed by atoms with Crippen molar-refractivity contribution in [2.75, 3.05) is 0 Å². The minimum absolute atomic E-state index is 0.0944. The molecule has 0 bridgehead atoms. The van der Waals surface area contributed by atoms with Crippen LogP contribution in [0.3, 0.4) is 0 Å². The largest absolute Gasteiger partial charge is 0.321 e. The van der Waals surface area contributed by atoms with Crippen LogP contribution in [0, 0.1) is 0 Å².